The van der Waals surface area contributed by atoms with Crippen LogP contribution in [0.5, 0.6) is 0 Å². The Morgan fingerprint density at radius 3 is 2.56 bits per heavy atom. The molecule has 4 rings (SSSR count). The maximum atomic E-state index is 12.6. The van der Waals surface area contributed by atoms with Crippen molar-refractivity contribution in [3.63, 3.8) is 0 Å². The first-order valence-electron chi connectivity index (χ1n) is 8.13. The van der Waals surface area contributed by atoms with Crippen LogP contribution in [0.25, 0.3) is 27.7 Å². The SMILES string of the molecule is CCOC(=O)c1c(-c2ccccc2)nn2c1cc(N)c1ccccc12. The zero-order valence-corrected chi connectivity index (χ0v) is 13.8. The molecule has 0 aliphatic heterocycles. The van der Waals surface area contributed by atoms with Gasteiger partial charge in [-0.05, 0) is 19.1 Å². The van der Waals surface area contributed by atoms with Gasteiger partial charge >= 0.3 is 5.97 Å². The molecule has 0 amide bonds. The van der Waals surface area contributed by atoms with E-state index < -0.39 is 5.97 Å². The average molecular weight is 331 g/mol. The van der Waals surface area contributed by atoms with Crippen LogP contribution in [0.15, 0.2) is 60.7 Å². The van der Waals surface area contributed by atoms with E-state index in [1.807, 2.05) is 54.6 Å². The summed E-state index contributed by atoms with van der Waals surface area (Å²) in [5.74, 6) is -0.397. The van der Waals surface area contributed by atoms with Crippen LogP contribution in [0.1, 0.15) is 17.3 Å². The van der Waals surface area contributed by atoms with Gasteiger partial charge in [0.05, 0.1) is 17.6 Å². The molecule has 0 bridgehead atoms. The largest absolute Gasteiger partial charge is 0.462 e. The highest BCUT2D eigenvalue weighted by atomic mass is 16.5. The Balaban J connectivity index is 2.12. The number of nitrogen functional groups attached to an aromatic ring is 1. The lowest BCUT2D eigenvalue weighted by atomic mass is 10.1. The number of nitrogens with two attached hydrogens (primary N) is 1. The van der Waals surface area contributed by atoms with Gasteiger partial charge in [-0.2, -0.15) is 5.10 Å². The summed E-state index contributed by atoms with van der Waals surface area (Å²) in [4.78, 5) is 12.6. The third kappa shape index (κ3) is 2.41. The number of para-hydroxylation sites is 1. The van der Waals surface area contributed by atoms with E-state index >= 15 is 0 Å². The number of benzene rings is 2. The van der Waals surface area contributed by atoms with Crippen LogP contribution >= 0.6 is 0 Å². The van der Waals surface area contributed by atoms with Gasteiger partial charge in [0.25, 0.3) is 0 Å². The van der Waals surface area contributed by atoms with Gasteiger partial charge in [-0.15, -0.1) is 0 Å². The number of carbonyl (C=O) groups excluding carboxylic acids is 1. The highest BCUT2D eigenvalue weighted by Crippen LogP contribution is 2.32. The van der Waals surface area contributed by atoms with E-state index in [0.717, 1.165) is 16.5 Å². The van der Waals surface area contributed by atoms with E-state index in [0.29, 0.717) is 29.1 Å². The molecule has 0 spiro atoms. The number of aromatic nitrogens is 2. The second-order valence-corrected chi connectivity index (χ2v) is 5.72. The van der Waals surface area contributed by atoms with Gasteiger partial charge in [0.1, 0.15) is 11.3 Å². The second kappa shape index (κ2) is 5.94. The maximum absolute atomic E-state index is 12.6. The van der Waals surface area contributed by atoms with Crippen LogP contribution < -0.4 is 5.73 Å². The number of esters is 1. The van der Waals surface area contributed by atoms with Gasteiger partial charge in [0.2, 0.25) is 0 Å². The standard InChI is InChI=1S/C20H17N3O2/c1-2-25-20(24)18-17-12-15(21)14-10-6-7-11-16(14)23(17)22-19(18)13-8-4-3-5-9-13/h3-12H,2,21H2,1H3. The van der Waals surface area contributed by atoms with Crippen molar-refractivity contribution in [1.82, 2.24) is 9.61 Å². The first-order valence-corrected chi connectivity index (χ1v) is 8.13. The Labute approximate surface area is 144 Å². The molecule has 124 valence electrons. The van der Waals surface area contributed by atoms with Crippen molar-refractivity contribution in [2.24, 2.45) is 0 Å². The Hall–Kier alpha value is -3.34. The van der Waals surface area contributed by atoms with Crippen LogP contribution in [-0.4, -0.2) is 22.2 Å². The van der Waals surface area contributed by atoms with Gasteiger partial charge < -0.3 is 10.5 Å². The van der Waals surface area contributed by atoms with Gasteiger partial charge in [-0.3, -0.25) is 0 Å². The summed E-state index contributed by atoms with van der Waals surface area (Å²) in [6.45, 7) is 2.09. The van der Waals surface area contributed by atoms with E-state index in [-0.39, 0.29) is 0 Å². The molecule has 0 radical (unpaired) electrons. The number of hydrogen-bond acceptors (Lipinski definition) is 4. The van der Waals surface area contributed by atoms with Crippen molar-refractivity contribution < 1.29 is 9.53 Å². The zero-order chi connectivity index (χ0) is 17.4. The van der Waals surface area contributed by atoms with Crippen LogP contribution in [0, 0.1) is 0 Å². The molecule has 0 fully saturated rings. The molecule has 5 nitrogen and oxygen atoms in total. The van der Waals surface area contributed by atoms with Crippen LogP contribution in [0.2, 0.25) is 0 Å². The summed E-state index contributed by atoms with van der Waals surface area (Å²) in [5.41, 5.74) is 10.2. The number of rotatable bonds is 3. The molecule has 2 aromatic heterocycles. The highest BCUT2D eigenvalue weighted by Gasteiger charge is 2.23. The lowest BCUT2D eigenvalue weighted by molar-refractivity contribution is 0.0529. The molecule has 2 heterocycles. The molecule has 0 aliphatic carbocycles. The number of hydrogen-bond donors (Lipinski definition) is 1. The first kappa shape index (κ1) is 15.2. The predicted octanol–water partition coefficient (Wildman–Crippen LogP) is 3.91. The molecule has 0 saturated heterocycles. The number of nitrogens with zero attached hydrogens (tertiary/aromatic N) is 2. The van der Waals surface area contributed by atoms with Gasteiger partial charge in [-0.1, -0.05) is 48.5 Å². The maximum Gasteiger partial charge on any atom is 0.342 e. The summed E-state index contributed by atoms with van der Waals surface area (Å²) in [5, 5.41) is 5.61. The Morgan fingerprint density at radius 1 is 1.08 bits per heavy atom. The lowest BCUT2D eigenvalue weighted by Crippen LogP contribution is -2.06. The number of anilines is 1. The Morgan fingerprint density at radius 2 is 1.80 bits per heavy atom. The number of carbonyl (C=O) groups is 1. The quantitative estimate of drug-likeness (QED) is 0.578. The second-order valence-electron chi connectivity index (χ2n) is 5.72. The van der Waals surface area contributed by atoms with Crippen LogP contribution in [0.4, 0.5) is 5.69 Å². The zero-order valence-electron chi connectivity index (χ0n) is 13.8. The summed E-state index contributed by atoms with van der Waals surface area (Å²) < 4.78 is 7.04. The van der Waals surface area contributed by atoms with Crippen molar-refractivity contribution in [3.05, 3.63) is 66.2 Å². The topological polar surface area (TPSA) is 69.6 Å². The summed E-state index contributed by atoms with van der Waals surface area (Å²) in [6, 6.07) is 19.1. The third-order valence-corrected chi connectivity index (χ3v) is 4.18. The van der Waals surface area contributed by atoms with E-state index in [2.05, 4.69) is 0 Å². The van der Waals surface area contributed by atoms with E-state index in [4.69, 9.17) is 15.6 Å². The summed E-state index contributed by atoms with van der Waals surface area (Å²) in [6.07, 6.45) is 0. The smallest absolute Gasteiger partial charge is 0.342 e. The monoisotopic (exact) mass is 331 g/mol. The average Bonchev–Trinajstić information content (AvgIpc) is 3.02. The fraction of sp³-hybridized carbons (Fsp3) is 0.100. The molecule has 0 saturated carbocycles. The summed E-state index contributed by atoms with van der Waals surface area (Å²) in [7, 11) is 0. The predicted molar refractivity (Wildman–Crippen MR) is 98.5 cm³/mol. The molecule has 0 unspecified atom stereocenters. The van der Waals surface area contributed by atoms with E-state index in [9.17, 15) is 4.79 Å². The minimum atomic E-state index is -0.397. The normalized spacial score (nSPS) is 11.1. The fourth-order valence-electron chi connectivity index (χ4n) is 3.08. The van der Waals surface area contributed by atoms with Gasteiger partial charge in [0, 0.05) is 16.6 Å². The van der Waals surface area contributed by atoms with E-state index in [1.165, 1.54) is 0 Å². The van der Waals surface area contributed by atoms with Crippen molar-refractivity contribution in [1.29, 1.82) is 0 Å². The number of ether oxygens (including phenoxy) is 1. The molecule has 4 aromatic rings. The highest BCUT2D eigenvalue weighted by molar-refractivity contribution is 6.06. The molecule has 0 atom stereocenters. The molecule has 0 aliphatic rings. The van der Waals surface area contributed by atoms with Crippen LogP contribution in [0.3, 0.4) is 0 Å². The first-order chi connectivity index (χ1) is 12.2. The minimum absolute atomic E-state index is 0.299. The lowest BCUT2D eigenvalue weighted by Gasteiger charge is -2.06. The van der Waals surface area contributed by atoms with Crippen LogP contribution in [-0.2, 0) is 4.74 Å². The van der Waals surface area contributed by atoms with Gasteiger partial charge in [-0.25, -0.2) is 9.31 Å². The Kier molecular flexibility index (Phi) is 3.61. The van der Waals surface area contributed by atoms with E-state index in [1.54, 1.807) is 17.5 Å². The molecule has 2 N–H and O–H groups in total. The molecule has 2 aromatic carbocycles. The summed E-state index contributed by atoms with van der Waals surface area (Å²) >= 11 is 0. The minimum Gasteiger partial charge on any atom is -0.462 e. The molecule has 25 heavy (non-hydrogen) atoms. The fourth-order valence-corrected chi connectivity index (χ4v) is 3.08. The van der Waals surface area contributed by atoms with Crippen molar-refractivity contribution >= 4 is 28.1 Å². The van der Waals surface area contributed by atoms with Crippen molar-refractivity contribution in [2.45, 2.75) is 6.92 Å². The molecular formula is C20H17N3O2. The number of fused-ring (bicyclic) bond motifs is 3. The van der Waals surface area contributed by atoms with Gasteiger partial charge in [0.15, 0.2) is 0 Å². The molecular weight excluding hydrogens is 314 g/mol. The van der Waals surface area contributed by atoms with Crippen molar-refractivity contribution in [2.75, 3.05) is 12.3 Å². The number of pyridine rings is 1. The van der Waals surface area contributed by atoms with Crippen molar-refractivity contribution in [3.8, 4) is 11.3 Å². The molecule has 5 heteroatoms. The Bertz CT molecular complexity index is 1080. The third-order valence-electron chi connectivity index (χ3n) is 4.18.